The van der Waals surface area contributed by atoms with Gasteiger partial charge >= 0.3 is 0 Å². The SMILES string of the molecule is CC(O)C(C)O.CC(O)CO. The van der Waals surface area contributed by atoms with Gasteiger partial charge in [-0.25, -0.2) is 0 Å². The van der Waals surface area contributed by atoms with E-state index < -0.39 is 18.3 Å². The Hall–Kier alpha value is -0.160. The van der Waals surface area contributed by atoms with Crippen molar-refractivity contribution in [3.05, 3.63) is 0 Å². The number of aliphatic hydroxyl groups excluding tert-OH is 4. The van der Waals surface area contributed by atoms with E-state index in [2.05, 4.69) is 0 Å². The Kier molecular flexibility index (Phi) is 9.70. The summed E-state index contributed by atoms with van der Waals surface area (Å²) in [6.07, 6.45) is -1.75. The molecule has 0 saturated carbocycles. The maximum atomic E-state index is 8.38. The van der Waals surface area contributed by atoms with Gasteiger partial charge in [0.25, 0.3) is 0 Å². The smallest absolute Gasteiger partial charge is 0.0768 e. The molecule has 0 amide bonds. The average molecular weight is 166 g/mol. The summed E-state index contributed by atoms with van der Waals surface area (Å²) in [5.74, 6) is 0. The van der Waals surface area contributed by atoms with Gasteiger partial charge in [0.15, 0.2) is 0 Å². The summed E-state index contributed by atoms with van der Waals surface area (Å²) in [4.78, 5) is 0. The van der Waals surface area contributed by atoms with Crippen molar-refractivity contribution in [2.45, 2.75) is 39.1 Å². The van der Waals surface area contributed by atoms with E-state index in [1.807, 2.05) is 0 Å². The lowest BCUT2D eigenvalue weighted by Crippen LogP contribution is -2.17. The van der Waals surface area contributed by atoms with Crippen molar-refractivity contribution < 1.29 is 20.4 Å². The van der Waals surface area contributed by atoms with Gasteiger partial charge in [-0.1, -0.05) is 0 Å². The van der Waals surface area contributed by atoms with E-state index in [-0.39, 0.29) is 6.61 Å². The fourth-order valence-corrected chi connectivity index (χ4v) is 0. The average Bonchev–Trinajstić information content (AvgIpc) is 1.89. The molecule has 4 N–H and O–H groups in total. The third kappa shape index (κ3) is 17.7. The summed E-state index contributed by atoms with van der Waals surface area (Å²) >= 11 is 0. The Morgan fingerprint density at radius 1 is 0.909 bits per heavy atom. The summed E-state index contributed by atoms with van der Waals surface area (Å²) in [5, 5.41) is 32.8. The summed E-state index contributed by atoms with van der Waals surface area (Å²) in [6, 6.07) is 0. The van der Waals surface area contributed by atoms with E-state index in [1.54, 1.807) is 13.8 Å². The molecule has 0 aromatic carbocycles. The van der Waals surface area contributed by atoms with Crippen LogP contribution in [0.1, 0.15) is 20.8 Å². The summed E-state index contributed by atoms with van der Waals surface area (Å²) < 4.78 is 0. The fourth-order valence-electron chi connectivity index (χ4n) is 0. The first-order valence-electron chi connectivity index (χ1n) is 3.56. The van der Waals surface area contributed by atoms with Crippen LogP contribution in [0, 0.1) is 0 Å². The van der Waals surface area contributed by atoms with Crippen LogP contribution in [0.15, 0.2) is 0 Å². The van der Waals surface area contributed by atoms with E-state index in [1.165, 1.54) is 6.92 Å². The highest BCUT2D eigenvalue weighted by Crippen LogP contribution is 1.85. The van der Waals surface area contributed by atoms with Crippen molar-refractivity contribution in [3.63, 3.8) is 0 Å². The highest BCUT2D eigenvalue weighted by atomic mass is 16.3. The molecule has 0 aromatic rings. The number of rotatable bonds is 2. The first-order chi connectivity index (χ1) is 4.91. The minimum atomic E-state index is -0.593. The van der Waals surface area contributed by atoms with Gasteiger partial charge in [0.1, 0.15) is 0 Å². The molecule has 4 heteroatoms. The number of hydrogen-bond acceptors (Lipinski definition) is 4. The second-order valence-corrected chi connectivity index (χ2v) is 2.51. The molecular weight excluding hydrogens is 148 g/mol. The lowest BCUT2D eigenvalue weighted by atomic mass is 10.3. The van der Waals surface area contributed by atoms with Gasteiger partial charge in [-0.3, -0.25) is 0 Å². The largest absolute Gasteiger partial charge is 0.394 e. The first-order valence-corrected chi connectivity index (χ1v) is 3.56. The second-order valence-electron chi connectivity index (χ2n) is 2.51. The molecule has 0 radical (unpaired) electrons. The van der Waals surface area contributed by atoms with E-state index in [4.69, 9.17) is 20.4 Å². The van der Waals surface area contributed by atoms with E-state index >= 15 is 0 Å². The Morgan fingerprint density at radius 2 is 1.09 bits per heavy atom. The van der Waals surface area contributed by atoms with Crippen molar-refractivity contribution in [3.8, 4) is 0 Å². The van der Waals surface area contributed by atoms with Crippen LogP contribution < -0.4 is 0 Å². The predicted molar refractivity (Wildman–Crippen MR) is 42.1 cm³/mol. The van der Waals surface area contributed by atoms with Crippen molar-refractivity contribution in [1.82, 2.24) is 0 Å². The Bertz CT molecular complexity index is 64.8. The molecule has 11 heavy (non-hydrogen) atoms. The molecule has 3 unspecified atom stereocenters. The third-order valence-electron chi connectivity index (χ3n) is 0.962. The molecule has 0 aliphatic carbocycles. The molecular formula is C7H18O4. The zero-order chi connectivity index (χ0) is 9.44. The molecule has 0 bridgehead atoms. The lowest BCUT2D eigenvalue weighted by molar-refractivity contribution is 0.0438. The number of hydrogen-bond donors (Lipinski definition) is 4. The van der Waals surface area contributed by atoms with Gasteiger partial charge in [0, 0.05) is 0 Å². The molecule has 0 aliphatic rings. The standard InChI is InChI=1S/C4H10O2.C3H8O2/c1-3(5)4(2)6;1-3(5)2-4/h3-6H,1-2H3;3-5H,2H2,1H3. The minimum Gasteiger partial charge on any atom is -0.394 e. The molecule has 0 spiro atoms. The van der Waals surface area contributed by atoms with Crippen molar-refractivity contribution in [1.29, 1.82) is 0 Å². The van der Waals surface area contributed by atoms with E-state index in [0.717, 1.165) is 0 Å². The molecule has 0 aliphatic heterocycles. The van der Waals surface area contributed by atoms with Gasteiger partial charge in [0.05, 0.1) is 24.9 Å². The third-order valence-corrected chi connectivity index (χ3v) is 0.962. The van der Waals surface area contributed by atoms with Crippen molar-refractivity contribution in [2.24, 2.45) is 0 Å². The normalized spacial score (nSPS) is 17.7. The minimum absolute atomic E-state index is 0.139. The highest BCUT2D eigenvalue weighted by Gasteiger charge is 1.99. The molecule has 0 fully saturated rings. The zero-order valence-corrected chi connectivity index (χ0v) is 7.23. The zero-order valence-electron chi connectivity index (χ0n) is 7.23. The van der Waals surface area contributed by atoms with Gasteiger partial charge in [-0.2, -0.15) is 0 Å². The monoisotopic (exact) mass is 166 g/mol. The van der Waals surface area contributed by atoms with Crippen LogP contribution in [-0.2, 0) is 0 Å². The quantitative estimate of drug-likeness (QED) is 0.429. The Morgan fingerprint density at radius 3 is 1.09 bits per heavy atom. The molecule has 0 saturated heterocycles. The molecule has 0 aromatic heterocycles. The van der Waals surface area contributed by atoms with E-state index in [9.17, 15) is 0 Å². The summed E-state index contributed by atoms with van der Waals surface area (Å²) in [6.45, 7) is 4.48. The maximum absolute atomic E-state index is 8.38. The molecule has 3 atom stereocenters. The fraction of sp³-hybridized carbons (Fsp3) is 1.00. The van der Waals surface area contributed by atoms with Crippen LogP contribution >= 0.6 is 0 Å². The maximum Gasteiger partial charge on any atom is 0.0768 e. The van der Waals surface area contributed by atoms with E-state index in [0.29, 0.717) is 0 Å². The summed E-state index contributed by atoms with van der Waals surface area (Å²) in [7, 11) is 0. The molecule has 4 nitrogen and oxygen atoms in total. The molecule has 0 heterocycles. The van der Waals surface area contributed by atoms with Gasteiger partial charge in [-0.05, 0) is 20.8 Å². The van der Waals surface area contributed by atoms with Gasteiger partial charge < -0.3 is 20.4 Å². The first kappa shape index (κ1) is 13.4. The van der Waals surface area contributed by atoms with Crippen LogP contribution in [0.5, 0.6) is 0 Å². The van der Waals surface area contributed by atoms with Crippen LogP contribution in [0.25, 0.3) is 0 Å². The Labute approximate surface area is 67.1 Å². The van der Waals surface area contributed by atoms with Crippen LogP contribution in [-0.4, -0.2) is 45.3 Å². The van der Waals surface area contributed by atoms with Crippen molar-refractivity contribution in [2.75, 3.05) is 6.61 Å². The van der Waals surface area contributed by atoms with Crippen LogP contribution in [0.3, 0.4) is 0 Å². The second kappa shape index (κ2) is 7.94. The molecule has 0 rings (SSSR count). The topological polar surface area (TPSA) is 80.9 Å². The predicted octanol–water partition coefficient (Wildman–Crippen LogP) is -0.893. The van der Waals surface area contributed by atoms with Gasteiger partial charge in [0.2, 0.25) is 0 Å². The Balaban J connectivity index is 0. The van der Waals surface area contributed by atoms with Crippen molar-refractivity contribution >= 4 is 0 Å². The number of aliphatic hydroxyl groups is 4. The van der Waals surface area contributed by atoms with Crippen LogP contribution in [0.2, 0.25) is 0 Å². The molecule has 70 valence electrons. The highest BCUT2D eigenvalue weighted by molar-refractivity contribution is 4.50. The van der Waals surface area contributed by atoms with Gasteiger partial charge in [-0.15, -0.1) is 0 Å². The summed E-state index contributed by atoms with van der Waals surface area (Å²) in [5.41, 5.74) is 0. The van der Waals surface area contributed by atoms with Crippen LogP contribution in [0.4, 0.5) is 0 Å². The lowest BCUT2D eigenvalue weighted by Gasteiger charge is -2.03.